The van der Waals surface area contributed by atoms with Crippen molar-refractivity contribution in [3.05, 3.63) is 24.3 Å². The largest absolute Gasteiger partial charge is 0.480 e. The number of Topliss-reactive ketones (excluding diaryl/α,β-unsaturated/α-hetero) is 1. The summed E-state index contributed by atoms with van der Waals surface area (Å²) in [5, 5.41) is 11.5. The van der Waals surface area contributed by atoms with Crippen LogP contribution in [0.2, 0.25) is 0 Å². The van der Waals surface area contributed by atoms with E-state index in [0.717, 1.165) is 39.0 Å². The number of carboxylic acids is 1. The number of nitrogens with zero attached hydrogens (tertiary/aromatic N) is 3. The molecule has 0 fully saturated rings. The number of hydrogen-bond donors (Lipinski definition) is 2. The highest BCUT2D eigenvalue weighted by molar-refractivity contribution is 6.13. The zero-order valence-electron chi connectivity index (χ0n) is 16.6. The third kappa shape index (κ3) is 7.26. The third-order valence-corrected chi connectivity index (χ3v) is 4.42. The Hall–Kier alpha value is -3.67. The molecule has 166 valence electrons. The van der Waals surface area contributed by atoms with Gasteiger partial charge in [-0.1, -0.05) is 0 Å². The molecule has 0 aromatic heterocycles. The van der Waals surface area contributed by atoms with Crippen LogP contribution < -0.4 is 5.32 Å². The second-order valence-electron chi connectivity index (χ2n) is 6.85. The minimum Gasteiger partial charge on any atom is -0.480 e. The van der Waals surface area contributed by atoms with Gasteiger partial charge >= 0.3 is 5.97 Å². The lowest BCUT2D eigenvalue weighted by atomic mass is 10.2. The van der Waals surface area contributed by atoms with E-state index in [9.17, 15) is 33.6 Å². The smallest absolute Gasteiger partial charge is 0.317 e. The van der Waals surface area contributed by atoms with Crippen LogP contribution in [0.1, 0.15) is 12.8 Å². The predicted molar refractivity (Wildman–Crippen MR) is 103 cm³/mol. The molecule has 0 spiro atoms. The van der Waals surface area contributed by atoms with Gasteiger partial charge in [-0.2, -0.15) is 0 Å². The Morgan fingerprint density at radius 3 is 1.84 bits per heavy atom. The van der Waals surface area contributed by atoms with Crippen LogP contribution in [-0.4, -0.2) is 100 Å². The van der Waals surface area contributed by atoms with Gasteiger partial charge in [0.05, 0.1) is 19.6 Å². The maximum atomic E-state index is 12.2. The first-order chi connectivity index (χ1) is 14.7. The third-order valence-electron chi connectivity index (χ3n) is 4.42. The fourth-order valence-corrected chi connectivity index (χ4v) is 2.99. The van der Waals surface area contributed by atoms with Gasteiger partial charge in [0, 0.05) is 50.4 Å². The van der Waals surface area contributed by atoms with Gasteiger partial charge in [0.1, 0.15) is 5.78 Å². The van der Waals surface area contributed by atoms with Crippen LogP contribution in [0.5, 0.6) is 0 Å². The molecule has 0 saturated carbocycles. The Bertz CT molecular complexity index is 765. The highest BCUT2D eigenvalue weighted by atomic mass is 16.4. The number of aliphatic carboxylic acids is 1. The summed E-state index contributed by atoms with van der Waals surface area (Å²) in [5.41, 5.74) is 0. The number of carboxylic acid groups (broad SMARTS) is 1. The van der Waals surface area contributed by atoms with E-state index in [1.54, 1.807) is 0 Å². The van der Waals surface area contributed by atoms with Crippen LogP contribution in [-0.2, 0) is 33.6 Å². The van der Waals surface area contributed by atoms with E-state index in [1.807, 2.05) is 0 Å². The maximum absolute atomic E-state index is 12.2. The van der Waals surface area contributed by atoms with E-state index >= 15 is 0 Å². The van der Waals surface area contributed by atoms with Crippen LogP contribution in [0.15, 0.2) is 24.3 Å². The second kappa shape index (κ2) is 10.9. The summed E-state index contributed by atoms with van der Waals surface area (Å²) in [6, 6.07) is 0. The van der Waals surface area contributed by atoms with Gasteiger partial charge in [-0.3, -0.25) is 48.3 Å². The highest BCUT2D eigenvalue weighted by Gasteiger charge is 2.24. The molecule has 0 radical (unpaired) electrons. The van der Waals surface area contributed by atoms with Crippen LogP contribution in [0.25, 0.3) is 0 Å². The Morgan fingerprint density at radius 2 is 1.32 bits per heavy atom. The molecule has 0 aliphatic carbocycles. The number of rotatable bonds is 13. The molecule has 2 aliphatic rings. The normalized spacial score (nSPS) is 15.5. The van der Waals surface area contributed by atoms with Gasteiger partial charge in [-0.05, 0) is 6.42 Å². The van der Waals surface area contributed by atoms with Crippen LogP contribution >= 0.6 is 0 Å². The zero-order valence-corrected chi connectivity index (χ0v) is 16.6. The monoisotopic (exact) mass is 434 g/mol. The van der Waals surface area contributed by atoms with E-state index in [0.29, 0.717) is 0 Å². The first kappa shape index (κ1) is 23.6. The van der Waals surface area contributed by atoms with Crippen LogP contribution in [0.4, 0.5) is 0 Å². The molecule has 31 heavy (non-hydrogen) atoms. The van der Waals surface area contributed by atoms with Crippen molar-refractivity contribution in [2.45, 2.75) is 12.8 Å². The van der Waals surface area contributed by atoms with Crippen LogP contribution in [0, 0.1) is 0 Å². The summed E-state index contributed by atoms with van der Waals surface area (Å²) in [6.45, 7) is -1.19. The summed E-state index contributed by atoms with van der Waals surface area (Å²) in [7, 11) is 0. The number of carbonyl (C=O) groups is 7. The molecular formula is C19H22N4O8. The fourth-order valence-electron chi connectivity index (χ4n) is 2.99. The van der Waals surface area contributed by atoms with E-state index in [4.69, 9.17) is 5.11 Å². The second-order valence-corrected chi connectivity index (χ2v) is 6.85. The number of ketones is 1. The molecule has 0 atom stereocenters. The average molecular weight is 434 g/mol. The molecule has 12 heteroatoms. The molecule has 0 aromatic rings. The molecule has 2 heterocycles. The minimum atomic E-state index is -1.22. The first-order valence-corrected chi connectivity index (χ1v) is 9.47. The van der Waals surface area contributed by atoms with Crippen LogP contribution in [0.3, 0.4) is 0 Å². The van der Waals surface area contributed by atoms with Crippen molar-refractivity contribution in [1.29, 1.82) is 0 Å². The zero-order chi connectivity index (χ0) is 23.0. The molecule has 5 amide bonds. The Kier molecular flexibility index (Phi) is 8.32. The Labute approximate surface area is 177 Å². The molecule has 0 unspecified atom stereocenters. The molecule has 0 saturated heterocycles. The Morgan fingerprint density at radius 1 is 0.806 bits per heavy atom. The van der Waals surface area contributed by atoms with Gasteiger partial charge in [0.2, 0.25) is 5.91 Å². The van der Waals surface area contributed by atoms with Gasteiger partial charge < -0.3 is 10.4 Å². The van der Waals surface area contributed by atoms with E-state index in [2.05, 4.69) is 5.32 Å². The van der Waals surface area contributed by atoms with Gasteiger partial charge in [-0.25, -0.2) is 0 Å². The van der Waals surface area contributed by atoms with E-state index in [-0.39, 0.29) is 51.3 Å². The lowest BCUT2D eigenvalue weighted by Crippen LogP contribution is -2.44. The molecule has 12 nitrogen and oxygen atoms in total. The molecule has 2 aliphatic heterocycles. The predicted octanol–water partition coefficient (Wildman–Crippen LogP) is -2.31. The topological polar surface area (TPSA) is 161 Å². The lowest BCUT2D eigenvalue weighted by Gasteiger charge is -2.20. The quantitative estimate of drug-likeness (QED) is 0.303. The van der Waals surface area contributed by atoms with Gasteiger partial charge in [0.15, 0.2) is 0 Å². The number of hydrogen-bond acceptors (Lipinski definition) is 8. The summed E-state index contributed by atoms with van der Waals surface area (Å²) >= 11 is 0. The fraction of sp³-hybridized carbons (Fsp3) is 0.421. The number of carbonyl (C=O) groups excluding carboxylic acids is 6. The van der Waals surface area contributed by atoms with Crippen molar-refractivity contribution >= 4 is 41.3 Å². The van der Waals surface area contributed by atoms with Crippen molar-refractivity contribution in [1.82, 2.24) is 20.0 Å². The van der Waals surface area contributed by atoms with Crippen molar-refractivity contribution in [2.75, 3.05) is 39.3 Å². The van der Waals surface area contributed by atoms with E-state index in [1.165, 1.54) is 0 Å². The van der Waals surface area contributed by atoms with E-state index < -0.39 is 42.0 Å². The molecular weight excluding hydrogens is 412 g/mol. The minimum absolute atomic E-state index is 0.000973. The number of amides is 5. The maximum Gasteiger partial charge on any atom is 0.317 e. The summed E-state index contributed by atoms with van der Waals surface area (Å²) in [5.74, 6) is -4.00. The van der Waals surface area contributed by atoms with Crippen molar-refractivity contribution in [3.63, 3.8) is 0 Å². The standard InChI is InChI=1S/C19H22N4O8/c24-13(2-1-8-22-15(26)3-4-16(22)27)10-21(12-19(30)31)11-14(25)20-7-9-23-17(28)5-6-18(23)29/h3-6H,1-2,7-12H2,(H,20,25)(H,30,31). The average Bonchev–Trinajstić information content (AvgIpc) is 3.17. The molecule has 0 aromatic carbocycles. The summed E-state index contributed by atoms with van der Waals surface area (Å²) in [4.78, 5) is 84.1. The highest BCUT2D eigenvalue weighted by Crippen LogP contribution is 2.06. The number of imide groups is 2. The molecule has 2 rings (SSSR count). The summed E-state index contributed by atoms with van der Waals surface area (Å²) < 4.78 is 0. The molecule has 2 N–H and O–H groups in total. The summed E-state index contributed by atoms with van der Waals surface area (Å²) in [6.07, 6.45) is 4.75. The van der Waals surface area contributed by atoms with Gasteiger partial charge in [-0.15, -0.1) is 0 Å². The first-order valence-electron chi connectivity index (χ1n) is 9.47. The van der Waals surface area contributed by atoms with Crippen molar-refractivity contribution in [2.24, 2.45) is 0 Å². The number of nitrogens with one attached hydrogen (secondary N) is 1. The van der Waals surface area contributed by atoms with Gasteiger partial charge in [0.25, 0.3) is 23.6 Å². The molecule has 0 bridgehead atoms. The van der Waals surface area contributed by atoms with Crippen molar-refractivity contribution in [3.8, 4) is 0 Å². The Balaban J connectivity index is 1.73. The SMILES string of the molecule is O=C(O)CN(CC(=O)CCCN1C(=O)C=CC1=O)CC(=O)NCCN1C(=O)C=CC1=O. The lowest BCUT2D eigenvalue weighted by molar-refractivity contribution is -0.140. The van der Waals surface area contributed by atoms with Crippen molar-refractivity contribution < 1.29 is 38.7 Å².